The van der Waals surface area contributed by atoms with Crippen molar-refractivity contribution in [2.75, 3.05) is 5.32 Å². The van der Waals surface area contributed by atoms with E-state index in [1.807, 2.05) is 32.0 Å². The van der Waals surface area contributed by atoms with Crippen LogP contribution in [0.4, 0.5) is 5.82 Å². The standard InChI is InChI=1S/C13H14BrN3O/c1-3-10-7-12(17-16-10)15-13(18)11-5-4-9(14)6-8(11)2/h4-7H,3H2,1-2H3,(H2,15,16,17,18). The van der Waals surface area contributed by atoms with Crippen LogP contribution in [0, 0.1) is 6.92 Å². The molecule has 2 N–H and O–H groups in total. The molecule has 0 aliphatic heterocycles. The number of nitrogens with one attached hydrogen (secondary N) is 2. The number of halogens is 1. The molecule has 0 bridgehead atoms. The summed E-state index contributed by atoms with van der Waals surface area (Å²) in [5.41, 5.74) is 2.57. The second-order valence-electron chi connectivity index (χ2n) is 4.05. The van der Waals surface area contributed by atoms with E-state index in [1.165, 1.54) is 0 Å². The van der Waals surface area contributed by atoms with E-state index in [1.54, 1.807) is 6.07 Å². The van der Waals surface area contributed by atoms with Crippen molar-refractivity contribution in [2.45, 2.75) is 20.3 Å². The maximum Gasteiger partial charge on any atom is 0.257 e. The predicted molar refractivity (Wildman–Crippen MR) is 74.8 cm³/mol. The summed E-state index contributed by atoms with van der Waals surface area (Å²) in [6.45, 7) is 3.93. The summed E-state index contributed by atoms with van der Waals surface area (Å²) < 4.78 is 0.963. The zero-order chi connectivity index (χ0) is 13.1. The van der Waals surface area contributed by atoms with Gasteiger partial charge in [-0.3, -0.25) is 9.89 Å². The molecule has 2 rings (SSSR count). The van der Waals surface area contributed by atoms with Crippen LogP contribution in [-0.2, 0) is 6.42 Å². The molecule has 1 aromatic heterocycles. The number of aromatic nitrogens is 2. The molecule has 0 fully saturated rings. The molecule has 0 aliphatic carbocycles. The van der Waals surface area contributed by atoms with Gasteiger partial charge in [0, 0.05) is 21.8 Å². The van der Waals surface area contributed by atoms with Gasteiger partial charge in [0.2, 0.25) is 0 Å². The zero-order valence-corrected chi connectivity index (χ0v) is 11.8. The number of rotatable bonds is 3. The highest BCUT2D eigenvalue weighted by molar-refractivity contribution is 9.10. The minimum atomic E-state index is -0.144. The summed E-state index contributed by atoms with van der Waals surface area (Å²) in [6.07, 6.45) is 0.861. The normalized spacial score (nSPS) is 10.4. The van der Waals surface area contributed by atoms with Crippen molar-refractivity contribution in [2.24, 2.45) is 0 Å². The van der Waals surface area contributed by atoms with Crippen LogP contribution in [-0.4, -0.2) is 16.1 Å². The Labute approximate surface area is 114 Å². The van der Waals surface area contributed by atoms with Gasteiger partial charge in [-0.25, -0.2) is 0 Å². The van der Waals surface area contributed by atoms with Crippen LogP contribution in [0.2, 0.25) is 0 Å². The van der Waals surface area contributed by atoms with E-state index in [-0.39, 0.29) is 5.91 Å². The van der Waals surface area contributed by atoms with Gasteiger partial charge >= 0.3 is 0 Å². The number of carbonyl (C=O) groups excluding carboxylic acids is 1. The van der Waals surface area contributed by atoms with Crippen molar-refractivity contribution in [1.82, 2.24) is 10.2 Å². The molecule has 94 valence electrons. The number of nitrogens with zero attached hydrogens (tertiary/aromatic N) is 1. The van der Waals surface area contributed by atoms with Crippen LogP contribution in [0.1, 0.15) is 28.5 Å². The number of hydrogen-bond donors (Lipinski definition) is 2. The lowest BCUT2D eigenvalue weighted by Gasteiger charge is -2.05. The molecule has 0 saturated carbocycles. The molecule has 4 nitrogen and oxygen atoms in total. The first kappa shape index (κ1) is 12.8. The van der Waals surface area contributed by atoms with Crippen LogP contribution in [0.3, 0.4) is 0 Å². The first-order valence-corrected chi connectivity index (χ1v) is 6.51. The van der Waals surface area contributed by atoms with E-state index in [0.29, 0.717) is 11.4 Å². The first-order chi connectivity index (χ1) is 8.60. The molecule has 0 atom stereocenters. The number of carbonyl (C=O) groups is 1. The van der Waals surface area contributed by atoms with Gasteiger partial charge in [-0.1, -0.05) is 22.9 Å². The van der Waals surface area contributed by atoms with Crippen molar-refractivity contribution < 1.29 is 4.79 Å². The molecule has 0 unspecified atom stereocenters. The molecule has 2 aromatic rings. The minimum absolute atomic E-state index is 0.144. The third kappa shape index (κ3) is 2.79. The van der Waals surface area contributed by atoms with Crippen molar-refractivity contribution >= 4 is 27.7 Å². The fourth-order valence-corrected chi connectivity index (χ4v) is 2.15. The van der Waals surface area contributed by atoms with Gasteiger partial charge in [-0.15, -0.1) is 0 Å². The second-order valence-corrected chi connectivity index (χ2v) is 4.96. The monoisotopic (exact) mass is 307 g/mol. The number of hydrogen-bond acceptors (Lipinski definition) is 2. The number of H-pyrrole nitrogens is 1. The van der Waals surface area contributed by atoms with Gasteiger partial charge < -0.3 is 5.32 Å². The van der Waals surface area contributed by atoms with E-state index >= 15 is 0 Å². The third-order valence-corrected chi connectivity index (χ3v) is 3.18. The lowest BCUT2D eigenvalue weighted by atomic mass is 10.1. The minimum Gasteiger partial charge on any atom is -0.305 e. The van der Waals surface area contributed by atoms with Crippen molar-refractivity contribution in [3.63, 3.8) is 0 Å². The van der Waals surface area contributed by atoms with Crippen LogP contribution in [0.5, 0.6) is 0 Å². The van der Waals surface area contributed by atoms with Crippen LogP contribution in [0.25, 0.3) is 0 Å². The Morgan fingerprint density at radius 3 is 2.83 bits per heavy atom. The van der Waals surface area contributed by atoms with Gasteiger partial charge in [0.25, 0.3) is 5.91 Å². The molecule has 1 aromatic carbocycles. The van der Waals surface area contributed by atoms with Gasteiger partial charge in [0.05, 0.1) is 0 Å². The summed E-state index contributed by atoms with van der Waals surface area (Å²) in [5, 5.41) is 9.67. The summed E-state index contributed by atoms with van der Waals surface area (Å²) in [5.74, 6) is 0.410. The fourth-order valence-electron chi connectivity index (χ4n) is 1.67. The molecule has 18 heavy (non-hydrogen) atoms. The smallest absolute Gasteiger partial charge is 0.257 e. The lowest BCUT2D eigenvalue weighted by Crippen LogP contribution is -2.13. The average Bonchev–Trinajstić information content (AvgIpc) is 2.76. The SMILES string of the molecule is CCc1cc(NC(=O)c2ccc(Br)cc2C)n[nH]1. The number of benzene rings is 1. The maximum atomic E-state index is 12.1. The Bertz CT molecular complexity index is 577. The lowest BCUT2D eigenvalue weighted by molar-refractivity contribution is 0.102. The molecule has 1 heterocycles. The van der Waals surface area contributed by atoms with Crippen molar-refractivity contribution in [3.8, 4) is 0 Å². The van der Waals surface area contributed by atoms with Gasteiger partial charge in [-0.2, -0.15) is 5.10 Å². The van der Waals surface area contributed by atoms with E-state index < -0.39 is 0 Å². The van der Waals surface area contributed by atoms with E-state index in [0.717, 1.165) is 22.2 Å². The third-order valence-electron chi connectivity index (χ3n) is 2.69. The van der Waals surface area contributed by atoms with Crippen LogP contribution >= 0.6 is 15.9 Å². The summed E-state index contributed by atoms with van der Waals surface area (Å²) in [6, 6.07) is 7.40. The second kappa shape index (κ2) is 5.35. The molecular formula is C13H14BrN3O. The number of anilines is 1. The van der Waals surface area contributed by atoms with Gasteiger partial charge in [0.1, 0.15) is 0 Å². The largest absolute Gasteiger partial charge is 0.305 e. The molecule has 1 amide bonds. The average molecular weight is 308 g/mol. The Balaban J connectivity index is 2.16. The molecule has 0 spiro atoms. The van der Waals surface area contributed by atoms with Crippen LogP contribution in [0.15, 0.2) is 28.7 Å². The van der Waals surface area contributed by atoms with Crippen molar-refractivity contribution in [3.05, 3.63) is 45.6 Å². The van der Waals surface area contributed by atoms with E-state index in [9.17, 15) is 4.79 Å². The fraction of sp³-hybridized carbons (Fsp3) is 0.231. The van der Waals surface area contributed by atoms with Crippen molar-refractivity contribution in [1.29, 1.82) is 0 Å². The molecule has 0 saturated heterocycles. The van der Waals surface area contributed by atoms with Gasteiger partial charge in [-0.05, 0) is 37.1 Å². The highest BCUT2D eigenvalue weighted by Gasteiger charge is 2.10. The molecular weight excluding hydrogens is 294 g/mol. The van der Waals surface area contributed by atoms with Crippen LogP contribution < -0.4 is 5.32 Å². The first-order valence-electron chi connectivity index (χ1n) is 5.72. The highest BCUT2D eigenvalue weighted by Crippen LogP contribution is 2.17. The topological polar surface area (TPSA) is 57.8 Å². The Hall–Kier alpha value is -1.62. The summed E-state index contributed by atoms with van der Waals surface area (Å²) in [4.78, 5) is 12.1. The summed E-state index contributed by atoms with van der Waals surface area (Å²) >= 11 is 3.38. The Kier molecular flexibility index (Phi) is 3.81. The number of aromatic amines is 1. The quantitative estimate of drug-likeness (QED) is 0.914. The number of aryl methyl sites for hydroxylation is 2. The number of amides is 1. The Morgan fingerprint density at radius 1 is 1.44 bits per heavy atom. The molecule has 0 radical (unpaired) electrons. The predicted octanol–water partition coefficient (Wildman–Crippen LogP) is 3.30. The van der Waals surface area contributed by atoms with E-state index in [4.69, 9.17) is 0 Å². The molecule has 0 aliphatic rings. The molecule has 5 heteroatoms. The zero-order valence-electron chi connectivity index (χ0n) is 10.2. The van der Waals surface area contributed by atoms with E-state index in [2.05, 4.69) is 31.4 Å². The van der Waals surface area contributed by atoms with Gasteiger partial charge in [0.15, 0.2) is 5.82 Å². The summed E-state index contributed by atoms with van der Waals surface area (Å²) in [7, 11) is 0. The Morgan fingerprint density at radius 2 is 2.22 bits per heavy atom. The maximum absolute atomic E-state index is 12.1. The highest BCUT2D eigenvalue weighted by atomic mass is 79.9.